The highest BCUT2D eigenvalue weighted by Gasteiger charge is 2.10. The second kappa shape index (κ2) is 5.05. The molecule has 0 saturated carbocycles. The van der Waals surface area contributed by atoms with Crippen LogP contribution < -0.4 is 0 Å². The van der Waals surface area contributed by atoms with Crippen molar-refractivity contribution in [3.8, 4) is 0 Å². The molecule has 0 bridgehead atoms. The van der Waals surface area contributed by atoms with Crippen LogP contribution in [0.25, 0.3) is 0 Å². The zero-order valence-electron chi connectivity index (χ0n) is 5.57. The number of aldehydes is 1. The van der Waals surface area contributed by atoms with Crippen LogP contribution in [0.2, 0.25) is 0 Å². The topological polar surface area (TPSA) is 17.1 Å². The number of carbonyl (C=O) groups excluding carboxylic acids is 1. The minimum Gasteiger partial charge on any atom is -0.298 e. The summed E-state index contributed by atoms with van der Waals surface area (Å²) in [6, 6.07) is 2.02. The molecule has 0 aromatic heterocycles. The van der Waals surface area contributed by atoms with Crippen molar-refractivity contribution < 1.29 is 4.79 Å². The molecule has 0 amide bonds. The maximum absolute atomic E-state index is 10.7. The van der Waals surface area contributed by atoms with E-state index in [0.717, 1.165) is 22.6 Å². The molecule has 0 fully saturated rings. The van der Waals surface area contributed by atoms with Crippen LogP contribution in [0.1, 0.15) is 10.4 Å². The van der Waals surface area contributed by atoms with Gasteiger partial charge in [-0.1, -0.05) is 0 Å². The van der Waals surface area contributed by atoms with Gasteiger partial charge in [0, 0.05) is 19.8 Å². The predicted molar refractivity (Wildman–Crippen MR) is 82.7 cm³/mol. The lowest BCUT2D eigenvalue weighted by Gasteiger charge is -2.04. The van der Waals surface area contributed by atoms with Gasteiger partial charge in [0.1, 0.15) is 0 Å². The number of halogens is 4. The van der Waals surface area contributed by atoms with E-state index in [1.165, 1.54) is 3.57 Å². The van der Waals surface area contributed by atoms with Gasteiger partial charge in [-0.2, -0.15) is 0 Å². The third-order valence-corrected chi connectivity index (χ3v) is 7.32. The zero-order valence-corrected chi connectivity index (χ0v) is 14.2. The number of hydrogen-bond donors (Lipinski definition) is 0. The second-order valence-corrected chi connectivity index (χ2v) is 6.48. The highest BCUT2D eigenvalue weighted by molar-refractivity contribution is 14.1. The largest absolute Gasteiger partial charge is 0.298 e. The van der Waals surface area contributed by atoms with Crippen LogP contribution in [0.4, 0.5) is 0 Å². The Morgan fingerprint density at radius 3 is 2.08 bits per heavy atom. The van der Waals surface area contributed by atoms with Crippen molar-refractivity contribution in [2.75, 3.05) is 0 Å². The molecule has 1 aromatic carbocycles. The van der Waals surface area contributed by atoms with Crippen molar-refractivity contribution in [3.05, 3.63) is 25.9 Å². The highest BCUT2D eigenvalue weighted by atomic mass is 127. The Morgan fingerprint density at radius 2 is 1.58 bits per heavy atom. The standard InChI is InChI=1S/C7H2I4O/c8-4-1-5(9)7(11)6(10)3(4)2-12/h1-2H. The fourth-order valence-corrected chi connectivity index (χ4v) is 4.76. The predicted octanol–water partition coefficient (Wildman–Crippen LogP) is 3.92. The van der Waals surface area contributed by atoms with E-state index in [1.807, 2.05) is 6.07 Å². The van der Waals surface area contributed by atoms with Crippen molar-refractivity contribution >= 4 is 96.6 Å². The van der Waals surface area contributed by atoms with Gasteiger partial charge in [-0.25, -0.2) is 0 Å². The van der Waals surface area contributed by atoms with Gasteiger partial charge in [-0.3, -0.25) is 4.79 Å². The van der Waals surface area contributed by atoms with Crippen molar-refractivity contribution in [2.45, 2.75) is 0 Å². The SMILES string of the molecule is O=Cc1c(I)cc(I)c(I)c1I. The van der Waals surface area contributed by atoms with E-state index in [2.05, 4.69) is 90.4 Å². The number of benzene rings is 1. The number of carbonyl (C=O) groups is 1. The van der Waals surface area contributed by atoms with Gasteiger partial charge in [0.05, 0.1) is 0 Å². The van der Waals surface area contributed by atoms with Gasteiger partial charge in [-0.15, -0.1) is 0 Å². The summed E-state index contributed by atoms with van der Waals surface area (Å²) in [6.45, 7) is 0. The van der Waals surface area contributed by atoms with Crippen molar-refractivity contribution in [1.29, 1.82) is 0 Å². The first-order chi connectivity index (χ1) is 5.57. The van der Waals surface area contributed by atoms with Crippen molar-refractivity contribution in [3.63, 3.8) is 0 Å². The van der Waals surface area contributed by atoms with E-state index in [1.54, 1.807) is 0 Å². The summed E-state index contributed by atoms with van der Waals surface area (Å²) in [7, 11) is 0. The summed E-state index contributed by atoms with van der Waals surface area (Å²) in [4.78, 5) is 10.7. The molecule has 0 aliphatic rings. The Kier molecular flexibility index (Phi) is 5.00. The maximum atomic E-state index is 10.7. The average molecular weight is 610 g/mol. The third kappa shape index (κ3) is 2.43. The molecule has 0 heterocycles. The van der Waals surface area contributed by atoms with E-state index in [9.17, 15) is 4.79 Å². The Bertz CT molecular complexity index is 335. The lowest BCUT2D eigenvalue weighted by molar-refractivity contribution is 0.112. The van der Waals surface area contributed by atoms with E-state index >= 15 is 0 Å². The van der Waals surface area contributed by atoms with Crippen LogP contribution in [-0.2, 0) is 0 Å². The van der Waals surface area contributed by atoms with Gasteiger partial charge < -0.3 is 0 Å². The Balaban J connectivity index is 3.51. The molecule has 64 valence electrons. The molecule has 1 aromatic rings. The van der Waals surface area contributed by atoms with Crippen molar-refractivity contribution in [1.82, 2.24) is 0 Å². The molecule has 5 heteroatoms. The van der Waals surface area contributed by atoms with Gasteiger partial charge in [0.15, 0.2) is 6.29 Å². The molecule has 0 N–H and O–H groups in total. The molecule has 1 nitrogen and oxygen atoms in total. The van der Waals surface area contributed by atoms with Gasteiger partial charge in [0.2, 0.25) is 0 Å². The monoisotopic (exact) mass is 610 g/mol. The maximum Gasteiger partial charge on any atom is 0.152 e. The first-order valence-corrected chi connectivity index (χ1v) is 7.17. The van der Waals surface area contributed by atoms with Crippen LogP contribution in [0.3, 0.4) is 0 Å². The van der Waals surface area contributed by atoms with Gasteiger partial charge in [0.25, 0.3) is 0 Å². The summed E-state index contributed by atoms with van der Waals surface area (Å²) in [5.41, 5.74) is 0.806. The molecular weight excluding hydrogens is 608 g/mol. The first kappa shape index (κ1) is 11.9. The van der Waals surface area contributed by atoms with E-state index in [-0.39, 0.29) is 0 Å². The Hall–Kier alpha value is 1.81. The summed E-state index contributed by atoms with van der Waals surface area (Å²) in [6.07, 6.45) is 0.918. The highest BCUT2D eigenvalue weighted by Crippen LogP contribution is 2.27. The molecular formula is C7H2I4O. The quantitative estimate of drug-likeness (QED) is 0.204. The van der Waals surface area contributed by atoms with Gasteiger partial charge >= 0.3 is 0 Å². The zero-order chi connectivity index (χ0) is 9.30. The van der Waals surface area contributed by atoms with Gasteiger partial charge in [-0.05, 0) is 96.4 Å². The molecule has 0 aliphatic heterocycles. The first-order valence-electron chi connectivity index (χ1n) is 2.86. The second-order valence-electron chi connectivity index (χ2n) is 2.00. The summed E-state index contributed by atoms with van der Waals surface area (Å²) in [5.74, 6) is 0. The number of hydrogen-bond acceptors (Lipinski definition) is 1. The van der Waals surface area contributed by atoms with E-state index in [4.69, 9.17) is 0 Å². The Labute approximate surface area is 125 Å². The Morgan fingerprint density at radius 1 is 1.00 bits per heavy atom. The minimum absolute atomic E-state index is 0.806. The summed E-state index contributed by atoms with van der Waals surface area (Å²) >= 11 is 8.92. The lowest BCUT2D eigenvalue weighted by atomic mass is 10.2. The normalized spacial score (nSPS) is 10.0. The third-order valence-electron chi connectivity index (χ3n) is 1.27. The van der Waals surface area contributed by atoms with Crippen molar-refractivity contribution in [2.24, 2.45) is 0 Å². The molecule has 12 heavy (non-hydrogen) atoms. The van der Waals surface area contributed by atoms with E-state index in [0.29, 0.717) is 0 Å². The molecule has 0 radical (unpaired) electrons. The fourth-order valence-electron chi connectivity index (χ4n) is 0.688. The fraction of sp³-hybridized carbons (Fsp3) is 0. The molecule has 0 saturated heterocycles. The molecule has 0 aliphatic carbocycles. The van der Waals surface area contributed by atoms with Crippen LogP contribution in [-0.4, -0.2) is 6.29 Å². The van der Waals surface area contributed by atoms with Crippen LogP contribution in [0.15, 0.2) is 6.07 Å². The van der Waals surface area contributed by atoms with Crippen LogP contribution in [0, 0.1) is 14.3 Å². The lowest BCUT2D eigenvalue weighted by Crippen LogP contribution is -1.96. The average Bonchev–Trinajstić information content (AvgIpc) is 2.01. The van der Waals surface area contributed by atoms with Crippen LogP contribution in [0.5, 0.6) is 0 Å². The molecule has 0 unspecified atom stereocenters. The molecule has 0 atom stereocenters. The summed E-state index contributed by atoms with van der Waals surface area (Å²) < 4.78 is 4.44. The minimum atomic E-state index is 0.806. The van der Waals surface area contributed by atoms with Crippen LogP contribution >= 0.6 is 90.4 Å². The smallest absolute Gasteiger partial charge is 0.152 e. The molecule has 0 spiro atoms. The number of rotatable bonds is 1. The summed E-state index contributed by atoms with van der Waals surface area (Å²) in [5, 5.41) is 0. The van der Waals surface area contributed by atoms with E-state index < -0.39 is 0 Å². The molecule has 1 rings (SSSR count).